The zero-order valence-corrected chi connectivity index (χ0v) is 14.3. The van der Waals surface area contributed by atoms with E-state index in [1.165, 1.54) is 5.56 Å². The molecule has 5 heteroatoms. The van der Waals surface area contributed by atoms with Crippen LogP contribution in [0.1, 0.15) is 27.2 Å². The van der Waals surface area contributed by atoms with Gasteiger partial charge in [0.1, 0.15) is 5.82 Å². The minimum absolute atomic E-state index is 0.276. The third-order valence-electron chi connectivity index (χ3n) is 3.80. The van der Waals surface area contributed by atoms with Crippen molar-refractivity contribution in [3.8, 4) is 0 Å². The Morgan fingerprint density at radius 1 is 0.840 bits per heavy atom. The molecule has 1 aromatic heterocycles. The number of nitrogens with one attached hydrogen (secondary N) is 2. The topological polar surface area (TPSA) is 66.9 Å². The number of nitrogens with zero attached hydrogens (tertiary/aromatic N) is 2. The van der Waals surface area contributed by atoms with E-state index in [9.17, 15) is 4.79 Å². The predicted molar refractivity (Wildman–Crippen MR) is 99.7 cm³/mol. The van der Waals surface area contributed by atoms with Gasteiger partial charge in [-0.1, -0.05) is 47.5 Å². The molecule has 0 aliphatic rings. The van der Waals surface area contributed by atoms with Crippen LogP contribution in [0.15, 0.2) is 60.7 Å². The predicted octanol–water partition coefficient (Wildman–Crippen LogP) is 3.96. The quantitative estimate of drug-likeness (QED) is 0.742. The van der Waals surface area contributed by atoms with Crippen LogP contribution in [-0.2, 0) is 6.54 Å². The van der Waals surface area contributed by atoms with Crippen molar-refractivity contribution in [2.24, 2.45) is 0 Å². The lowest BCUT2D eigenvalue weighted by molar-refractivity contribution is 0.102. The Hall–Kier alpha value is -3.21. The summed E-state index contributed by atoms with van der Waals surface area (Å²) in [7, 11) is 0. The molecule has 0 aliphatic heterocycles. The lowest BCUT2D eigenvalue weighted by Crippen LogP contribution is -2.14. The second-order valence-corrected chi connectivity index (χ2v) is 5.96. The minimum Gasteiger partial charge on any atom is -0.365 e. The van der Waals surface area contributed by atoms with E-state index < -0.39 is 0 Å². The van der Waals surface area contributed by atoms with Crippen LogP contribution in [0.4, 0.5) is 11.5 Å². The fourth-order valence-electron chi connectivity index (χ4n) is 2.28. The first-order chi connectivity index (χ1) is 12.1. The molecule has 126 valence electrons. The summed E-state index contributed by atoms with van der Waals surface area (Å²) in [6, 6.07) is 19.3. The van der Waals surface area contributed by atoms with E-state index in [-0.39, 0.29) is 11.6 Å². The zero-order valence-electron chi connectivity index (χ0n) is 14.3. The maximum Gasteiger partial charge on any atom is 0.276 e. The van der Waals surface area contributed by atoms with Gasteiger partial charge in [-0.15, -0.1) is 10.2 Å². The zero-order chi connectivity index (χ0) is 17.6. The van der Waals surface area contributed by atoms with Gasteiger partial charge in [0.15, 0.2) is 5.69 Å². The molecule has 0 atom stereocenters. The summed E-state index contributed by atoms with van der Waals surface area (Å²) in [5.41, 5.74) is 4.54. The van der Waals surface area contributed by atoms with Gasteiger partial charge in [-0.2, -0.15) is 0 Å². The van der Waals surface area contributed by atoms with Gasteiger partial charge in [-0.05, 0) is 43.7 Å². The summed E-state index contributed by atoms with van der Waals surface area (Å²) in [5.74, 6) is 0.355. The van der Waals surface area contributed by atoms with E-state index in [2.05, 4.69) is 52.0 Å². The van der Waals surface area contributed by atoms with Crippen molar-refractivity contribution in [1.82, 2.24) is 10.2 Å². The minimum atomic E-state index is -0.276. The maximum absolute atomic E-state index is 12.2. The van der Waals surface area contributed by atoms with Gasteiger partial charge >= 0.3 is 0 Å². The third-order valence-corrected chi connectivity index (χ3v) is 3.80. The molecule has 0 saturated heterocycles. The van der Waals surface area contributed by atoms with E-state index >= 15 is 0 Å². The van der Waals surface area contributed by atoms with Gasteiger partial charge in [-0.25, -0.2) is 0 Å². The SMILES string of the molecule is Cc1ccc(CNc2ccc(C(=O)Nc3ccc(C)cc3)nn2)cc1. The average molecular weight is 332 g/mol. The number of rotatable bonds is 5. The molecule has 0 fully saturated rings. The van der Waals surface area contributed by atoms with Crippen molar-refractivity contribution < 1.29 is 4.79 Å². The Bertz CT molecular complexity index is 840. The number of hydrogen-bond acceptors (Lipinski definition) is 4. The molecule has 2 N–H and O–H groups in total. The summed E-state index contributed by atoms with van der Waals surface area (Å²) >= 11 is 0. The number of hydrogen-bond donors (Lipinski definition) is 2. The molecule has 25 heavy (non-hydrogen) atoms. The van der Waals surface area contributed by atoms with E-state index in [0.29, 0.717) is 12.4 Å². The van der Waals surface area contributed by atoms with Gasteiger partial charge < -0.3 is 10.6 Å². The number of anilines is 2. The Morgan fingerprint density at radius 2 is 1.48 bits per heavy atom. The highest BCUT2D eigenvalue weighted by Crippen LogP contribution is 2.11. The smallest absolute Gasteiger partial charge is 0.276 e. The van der Waals surface area contributed by atoms with Crippen molar-refractivity contribution >= 4 is 17.4 Å². The van der Waals surface area contributed by atoms with Crippen LogP contribution in [0.5, 0.6) is 0 Å². The van der Waals surface area contributed by atoms with Gasteiger partial charge in [0.2, 0.25) is 0 Å². The fourth-order valence-corrected chi connectivity index (χ4v) is 2.28. The van der Waals surface area contributed by atoms with Gasteiger partial charge in [0.25, 0.3) is 5.91 Å². The van der Waals surface area contributed by atoms with Crippen molar-refractivity contribution in [2.75, 3.05) is 10.6 Å². The number of carbonyl (C=O) groups excluding carboxylic acids is 1. The normalized spacial score (nSPS) is 10.3. The van der Waals surface area contributed by atoms with Crippen LogP contribution in [0, 0.1) is 13.8 Å². The second kappa shape index (κ2) is 7.57. The van der Waals surface area contributed by atoms with Gasteiger partial charge in [-0.3, -0.25) is 4.79 Å². The van der Waals surface area contributed by atoms with E-state index in [4.69, 9.17) is 0 Å². The molecule has 0 unspecified atom stereocenters. The van der Waals surface area contributed by atoms with E-state index in [1.807, 2.05) is 31.2 Å². The van der Waals surface area contributed by atoms with Crippen molar-refractivity contribution in [1.29, 1.82) is 0 Å². The van der Waals surface area contributed by atoms with Crippen LogP contribution in [0.2, 0.25) is 0 Å². The molecule has 0 saturated carbocycles. The molecule has 3 rings (SSSR count). The monoisotopic (exact) mass is 332 g/mol. The van der Waals surface area contributed by atoms with Crippen LogP contribution in [0.3, 0.4) is 0 Å². The first-order valence-corrected chi connectivity index (χ1v) is 8.11. The molecule has 0 aliphatic carbocycles. The number of amides is 1. The molecule has 1 amide bonds. The van der Waals surface area contributed by atoms with Crippen LogP contribution in [0.25, 0.3) is 0 Å². The van der Waals surface area contributed by atoms with Crippen molar-refractivity contribution in [2.45, 2.75) is 20.4 Å². The highest BCUT2D eigenvalue weighted by atomic mass is 16.1. The van der Waals surface area contributed by atoms with Crippen LogP contribution >= 0.6 is 0 Å². The first-order valence-electron chi connectivity index (χ1n) is 8.11. The number of carbonyl (C=O) groups is 1. The average Bonchev–Trinajstić information content (AvgIpc) is 2.63. The molecule has 3 aromatic rings. The summed E-state index contributed by atoms with van der Waals surface area (Å²) in [4.78, 5) is 12.2. The largest absolute Gasteiger partial charge is 0.365 e. The summed E-state index contributed by atoms with van der Waals surface area (Å²) in [5, 5.41) is 14.1. The Morgan fingerprint density at radius 3 is 2.08 bits per heavy atom. The number of benzene rings is 2. The lowest BCUT2D eigenvalue weighted by atomic mass is 10.1. The van der Waals surface area contributed by atoms with Crippen molar-refractivity contribution in [3.05, 3.63) is 83.0 Å². The number of aryl methyl sites for hydroxylation is 2. The standard InChI is InChI=1S/C20H20N4O/c1-14-3-7-16(8-4-14)13-21-19-12-11-18(23-24-19)20(25)22-17-9-5-15(2)6-10-17/h3-12H,13H2,1-2H3,(H,21,24)(H,22,25). The first kappa shape index (κ1) is 16.6. The third kappa shape index (κ3) is 4.64. The molecule has 0 radical (unpaired) electrons. The highest BCUT2D eigenvalue weighted by molar-refractivity contribution is 6.02. The van der Waals surface area contributed by atoms with Gasteiger partial charge in [0.05, 0.1) is 0 Å². The molecule has 0 spiro atoms. The van der Waals surface area contributed by atoms with E-state index in [1.54, 1.807) is 12.1 Å². The molecule has 1 heterocycles. The Balaban J connectivity index is 1.58. The molecular formula is C20H20N4O. The Labute approximate surface area is 147 Å². The fraction of sp³-hybridized carbons (Fsp3) is 0.150. The lowest BCUT2D eigenvalue weighted by Gasteiger charge is -2.07. The molecular weight excluding hydrogens is 312 g/mol. The molecule has 2 aromatic carbocycles. The summed E-state index contributed by atoms with van der Waals surface area (Å²) in [6.07, 6.45) is 0. The number of aromatic nitrogens is 2. The van der Waals surface area contributed by atoms with Crippen molar-refractivity contribution in [3.63, 3.8) is 0 Å². The highest BCUT2D eigenvalue weighted by Gasteiger charge is 2.08. The van der Waals surface area contributed by atoms with Crippen LogP contribution in [-0.4, -0.2) is 16.1 Å². The van der Waals surface area contributed by atoms with Crippen LogP contribution < -0.4 is 10.6 Å². The Kier molecular flexibility index (Phi) is 5.04. The molecule has 0 bridgehead atoms. The van der Waals surface area contributed by atoms with E-state index in [0.717, 1.165) is 16.8 Å². The summed E-state index contributed by atoms with van der Waals surface area (Å²) < 4.78 is 0. The summed E-state index contributed by atoms with van der Waals surface area (Å²) in [6.45, 7) is 4.71. The maximum atomic E-state index is 12.2. The van der Waals surface area contributed by atoms with Gasteiger partial charge in [0, 0.05) is 12.2 Å². The second-order valence-electron chi connectivity index (χ2n) is 5.96. The molecule has 5 nitrogen and oxygen atoms in total.